The van der Waals surface area contributed by atoms with Crippen molar-refractivity contribution in [3.05, 3.63) is 65.7 Å². The fourth-order valence-electron chi connectivity index (χ4n) is 2.17. The molecule has 3 nitrogen and oxygen atoms in total. The van der Waals surface area contributed by atoms with E-state index in [9.17, 15) is 4.79 Å². The van der Waals surface area contributed by atoms with E-state index in [1.807, 2.05) is 18.2 Å². The predicted octanol–water partition coefficient (Wildman–Crippen LogP) is 4.61. The molecule has 2 rings (SSSR count). The number of carbonyl (C=O) groups is 1. The van der Waals surface area contributed by atoms with Crippen molar-refractivity contribution >= 4 is 23.4 Å². The van der Waals surface area contributed by atoms with E-state index in [0.29, 0.717) is 5.69 Å². The quantitative estimate of drug-likeness (QED) is 0.626. The van der Waals surface area contributed by atoms with E-state index in [1.54, 1.807) is 24.3 Å². The molecule has 2 aromatic rings. The van der Waals surface area contributed by atoms with Gasteiger partial charge >= 0.3 is 0 Å². The largest absolute Gasteiger partial charge is 0.399 e. The van der Waals surface area contributed by atoms with Gasteiger partial charge in [0.05, 0.1) is 0 Å². The standard InChI is InChI=1S/C20H24N2O/c1-4-20(2,3)16-8-5-15(6-9-16)7-14-19(23)22-18-12-10-17(21)11-13-18/h5-14H,4,21H2,1-3H3,(H,22,23)/b14-7+. The average molecular weight is 308 g/mol. The zero-order chi connectivity index (χ0) is 16.9. The van der Waals surface area contributed by atoms with Gasteiger partial charge in [0, 0.05) is 17.5 Å². The normalized spacial score (nSPS) is 11.6. The second-order valence-corrected chi connectivity index (χ2v) is 6.30. The van der Waals surface area contributed by atoms with E-state index >= 15 is 0 Å². The summed E-state index contributed by atoms with van der Waals surface area (Å²) in [5.41, 5.74) is 9.51. The Balaban J connectivity index is 1.99. The number of amides is 1. The second-order valence-electron chi connectivity index (χ2n) is 6.30. The van der Waals surface area contributed by atoms with Gasteiger partial charge < -0.3 is 11.1 Å². The van der Waals surface area contributed by atoms with Gasteiger partial charge in [0.2, 0.25) is 5.91 Å². The van der Waals surface area contributed by atoms with Gasteiger partial charge in [-0.3, -0.25) is 4.79 Å². The number of anilines is 2. The Morgan fingerprint density at radius 3 is 2.26 bits per heavy atom. The topological polar surface area (TPSA) is 55.1 Å². The third-order valence-corrected chi connectivity index (χ3v) is 4.18. The molecule has 0 aromatic heterocycles. The number of hydrogen-bond donors (Lipinski definition) is 2. The maximum Gasteiger partial charge on any atom is 0.248 e. The highest BCUT2D eigenvalue weighted by atomic mass is 16.1. The number of nitrogen functional groups attached to an aromatic ring is 1. The minimum atomic E-state index is -0.160. The molecule has 0 aliphatic rings. The van der Waals surface area contributed by atoms with Crippen molar-refractivity contribution in [2.24, 2.45) is 0 Å². The first-order valence-electron chi connectivity index (χ1n) is 7.86. The summed E-state index contributed by atoms with van der Waals surface area (Å²) >= 11 is 0. The summed E-state index contributed by atoms with van der Waals surface area (Å²) in [6, 6.07) is 15.4. The van der Waals surface area contributed by atoms with Gasteiger partial charge in [0.15, 0.2) is 0 Å². The van der Waals surface area contributed by atoms with Crippen molar-refractivity contribution in [1.82, 2.24) is 0 Å². The van der Waals surface area contributed by atoms with Crippen LogP contribution < -0.4 is 11.1 Å². The Kier molecular flexibility index (Phi) is 5.22. The number of carbonyl (C=O) groups excluding carboxylic acids is 1. The Morgan fingerprint density at radius 1 is 1.09 bits per heavy atom. The van der Waals surface area contributed by atoms with Crippen LogP contribution in [0.5, 0.6) is 0 Å². The van der Waals surface area contributed by atoms with E-state index in [0.717, 1.165) is 17.7 Å². The Bertz CT molecular complexity index is 683. The van der Waals surface area contributed by atoms with Crippen LogP contribution in [0.2, 0.25) is 0 Å². The molecule has 0 heterocycles. The SMILES string of the molecule is CCC(C)(C)c1ccc(/C=C/C(=O)Nc2ccc(N)cc2)cc1. The van der Waals surface area contributed by atoms with Gasteiger partial charge in [-0.25, -0.2) is 0 Å². The highest BCUT2D eigenvalue weighted by Crippen LogP contribution is 2.26. The summed E-state index contributed by atoms with van der Waals surface area (Å²) in [5, 5.41) is 2.80. The highest BCUT2D eigenvalue weighted by molar-refractivity contribution is 6.01. The van der Waals surface area contributed by atoms with E-state index in [-0.39, 0.29) is 11.3 Å². The first-order valence-corrected chi connectivity index (χ1v) is 7.86. The van der Waals surface area contributed by atoms with Crippen LogP contribution >= 0.6 is 0 Å². The Labute approximate surface area is 138 Å². The molecule has 120 valence electrons. The van der Waals surface area contributed by atoms with Crippen LogP contribution in [0.1, 0.15) is 38.3 Å². The fraction of sp³-hybridized carbons (Fsp3) is 0.250. The van der Waals surface area contributed by atoms with Crippen LogP contribution in [-0.4, -0.2) is 5.91 Å². The van der Waals surface area contributed by atoms with E-state index in [4.69, 9.17) is 5.73 Å². The van der Waals surface area contributed by atoms with Gasteiger partial charge in [-0.1, -0.05) is 45.0 Å². The summed E-state index contributed by atoms with van der Waals surface area (Å²) in [4.78, 5) is 11.9. The molecule has 0 aliphatic heterocycles. The van der Waals surface area contributed by atoms with Gasteiger partial charge in [-0.05, 0) is 53.3 Å². The predicted molar refractivity (Wildman–Crippen MR) is 98.3 cm³/mol. The molecular weight excluding hydrogens is 284 g/mol. The van der Waals surface area contributed by atoms with Crippen LogP contribution in [0.25, 0.3) is 6.08 Å². The molecule has 0 aliphatic carbocycles. The highest BCUT2D eigenvalue weighted by Gasteiger charge is 2.17. The van der Waals surface area contributed by atoms with Crippen molar-refractivity contribution < 1.29 is 4.79 Å². The van der Waals surface area contributed by atoms with Crippen molar-refractivity contribution in [2.45, 2.75) is 32.6 Å². The monoisotopic (exact) mass is 308 g/mol. The average Bonchev–Trinajstić information content (AvgIpc) is 2.55. The Morgan fingerprint density at radius 2 is 1.70 bits per heavy atom. The van der Waals surface area contributed by atoms with E-state index in [1.165, 1.54) is 11.6 Å². The molecule has 0 atom stereocenters. The van der Waals surface area contributed by atoms with Crippen LogP contribution in [-0.2, 0) is 10.2 Å². The van der Waals surface area contributed by atoms with Crippen molar-refractivity contribution in [3.63, 3.8) is 0 Å². The number of nitrogens with one attached hydrogen (secondary N) is 1. The minimum absolute atomic E-state index is 0.160. The van der Waals surface area contributed by atoms with Crippen LogP contribution in [0.3, 0.4) is 0 Å². The third-order valence-electron chi connectivity index (χ3n) is 4.18. The summed E-state index contributed by atoms with van der Waals surface area (Å²) in [5.74, 6) is -0.160. The molecule has 3 heteroatoms. The molecule has 23 heavy (non-hydrogen) atoms. The smallest absolute Gasteiger partial charge is 0.248 e. The zero-order valence-corrected chi connectivity index (χ0v) is 14.0. The van der Waals surface area contributed by atoms with Crippen molar-refractivity contribution in [3.8, 4) is 0 Å². The summed E-state index contributed by atoms with van der Waals surface area (Å²) in [6.07, 6.45) is 4.44. The molecule has 0 spiro atoms. The Hall–Kier alpha value is -2.55. The molecule has 0 fully saturated rings. The van der Waals surface area contributed by atoms with Gasteiger partial charge in [0.25, 0.3) is 0 Å². The van der Waals surface area contributed by atoms with Crippen molar-refractivity contribution in [1.29, 1.82) is 0 Å². The number of hydrogen-bond acceptors (Lipinski definition) is 2. The van der Waals surface area contributed by atoms with E-state index < -0.39 is 0 Å². The lowest BCUT2D eigenvalue weighted by Crippen LogP contribution is -2.15. The van der Waals surface area contributed by atoms with Crippen LogP contribution in [0.15, 0.2) is 54.6 Å². The third kappa shape index (κ3) is 4.71. The summed E-state index contributed by atoms with van der Waals surface area (Å²) in [7, 11) is 0. The lowest BCUT2D eigenvalue weighted by molar-refractivity contribution is -0.111. The first kappa shape index (κ1) is 16.8. The number of benzene rings is 2. The molecule has 0 radical (unpaired) electrons. The summed E-state index contributed by atoms with van der Waals surface area (Å²) in [6.45, 7) is 6.66. The zero-order valence-electron chi connectivity index (χ0n) is 14.0. The van der Waals surface area contributed by atoms with Gasteiger partial charge in [0.1, 0.15) is 0 Å². The lowest BCUT2D eigenvalue weighted by atomic mass is 9.82. The molecule has 2 aromatic carbocycles. The van der Waals surface area contributed by atoms with Gasteiger partial charge in [-0.2, -0.15) is 0 Å². The first-order chi connectivity index (χ1) is 10.9. The number of rotatable bonds is 5. The molecule has 0 bridgehead atoms. The molecular formula is C20H24N2O. The van der Waals surface area contributed by atoms with E-state index in [2.05, 4.69) is 38.2 Å². The second kappa shape index (κ2) is 7.14. The van der Waals surface area contributed by atoms with Gasteiger partial charge in [-0.15, -0.1) is 0 Å². The molecule has 0 saturated carbocycles. The maximum absolute atomic E-state index is 11.9. The molecule has 1 amide bonds. The molecule has 0 unspecified atom stereocenters. The summed E-state index contributed by atoms with van der Waals surface area (Å²) < 4.78 is 0. The minimum Gasteiger partial charge on any atom is -0.399 e. The van der Waals surface area contributed by atoms with Crippen molar-refractivity contribution in [2.75, 3.05) is 11.1 Å². The molecule has 3 N–H and O–H groups in total. The lowest BCUT2D eigenvalue weighted by Gasteiger charge is -2.23. The maximum atomic E-state index is 11.9. The van der Waals surface area contributed by atoms with Crippen LogP contribution in [0, 0.1) is 0 Å². The fourth-order valence-corrected chi connectivity index (χ4v) is 2.17. The molecule has 0 saturated heterocycles. The van der Waals surface area contributed by atoms with Crippen LogP contribution in [0.4, 0.5) is 11.4 Å². The number of nitrogens with two attached hydrogens (primary N) is 1.